The van der Waals surface area contributed by atoms with Gasteiger partial charge in [-0.05, 0) is 43.4 Å². The molecule has 7 heteroatoms. The molecule has 2 atom stereocenters. The van der Waals surface area contributed by atoms with E-state index in [0.29, 0.717) is 42.9 Å². The molecule has 1 aliphatic heterocycles. The molecule has 0 aromatic heterocycles. The predicted molar refractivity (Wildman–Crippen MR) is 113 cm³/mol. The van der Waals surface area contributed by atoms with Gasteiger partial charge in [-0.3, -0.25) is 9.59 Å². The van der Waals surface area contributed by atoms with E-state index in [0.717, 1.165) is 0 Å². The number of hydrogen-bond donors (Lipinski definition) is 1. The lowest BCUT2D eigenvalue weighted by atomic mass is 9.79. The van der Waals surface area contributed by atoms with Crippen LogP contribution in [0, 0.1) is 5.82 Å². The van der Waals surface area contributed by atoms with Gasteiger partial charge in [-0.25, -0.2) is 4.39 Å². The zero-order chi connectivity index (χ0) is 21.7. The van der Waals surface area contributed by atoms with E-state index in [4.69, 9.17) is 4.74 Å². The SMILES string of the molecule is COCCN1C(=O)c2ccccc2[C@H](C(=O)NCCN(C)C)[C@H]1c1ccc(F)cc1. The third-order valence-electron chi connectivity index (χ3n) is 5.33. The van der Waals surface area contributed by atoms with Crippen molar-refractivity contribution < 1.29 is 18.7 Å². The number of carbonyl (C=O) groups excluding carboxylic acids is 2. The Morgan fingerprint density at radius 3 is 2.53 bits per heavy atom. The summed E-state index contributed by atoms with van der Waals surface area (Å²) >= 11 is 0. The molecule has 2 amide bonds. The van der Waals surface area contributed by atoms with Gasteiger partial charge in [0.25, 0.3) is 5.91 Å². The lowest BCUT2D eigenvalue weighted by molar-refractivity contribution is -0.124. The van der Waals surface area contributed by atoms with Crippen molar-refractivity contribution in [2.24, 2.45) is 0 Å². The van der Waals surface area contributed by atoms with Crippen LogP contribution in [0.25, 0.3) is 0 Å². The third kappa shape index (κ3) is 4.68. The number of hydrogen-bond acceptors (Lipinski definition) is 4. The Labute approximate surface area is 176 Å². The first-order chi connectivity index (χ1) is 14.4. The van der Waals surface area contributed by atoms with Crippen molar-refractivity contribution in [3.05, 3.63) is 71.0 Å². The average Bonchev–Trinajstić information content (AvgIpc) is 2.73. The highest BCUT2D eigenvalue weighted by Crippen LogP contribution is 2.42. The van der Waals surface area contributed by atoms with Crippen LogP contribution in [0.3, 0.4) is 0 Å². The van der Waals surface area contributed by atoms with Gasteiger partial charge in [0.1, 0.15) is 5.82 Å². The van der Waals surface area contributed by atoms with Gasteiger partial charge in [0, 0.05) is 32.3 Å². The molecular formula is C23H28FN3O3. The van der Waals surface area contributed by atoms with E-state index in [1.54, 1.807) is 36.3 Å². The summed E-state index contributed by atoms with van der Waals surface area (Å²) in [6, 6.07) is 12.6. The summed E-state index contributed by atoms with van der Waals surface area (Å²) in [6.07, 6.45) is 0. The molecule has 1 aliphatic rings. The minimum absolute atomic E-state index is 0.158. The molecule has 1 heterocycles. The molecule has 0 spiro atoms. The second kappa shape index (κ2) is 9.82. The highest BCUT2D eigenvalue weighted by molar-refractivity contribution is 6.01. The molecule has 0 saturated heterocycles. The molecule has 0 fully saturated rings. The van der Waals surface area contributed by atoms with Crippen molar-refractivity contribution in [1.29, 1.82) is 0 Å². The summed E-state index contributed by atoms with van der Waals surface area (Å²) in [5.41, 5.74) is 1.91. The van der Waals surface area contributed by atoms with Gasteiger partial charge in [-0.2, -0.15) is 0 Å². The Kier molecular flexibility index (Phi) is 7.18. The first kappa shape index (κ1) is 21.9. The van der Waals surface area contributed by atoms with E-state index in [-0.39, 0.29) is 17.6 Å². The van der Waals surface area contributed by atoms with Crippen LogP contribution < -0.4 is 5.32 Å². The zero-order valence-corrected chi connectivity index (χ0v) is 17.6. The van der Waals surface area contributed by atoms with Crippen molar-refractivity contribution in [2.45, 2.75) is 12.0 Å². The monoisotopic (exact) mass is 413 g/mol. The van der Waals surface area contributed by atoms with E-state index in [1.807, 2.05) is 31.1 Å². The van der Waals surface area contributed by atoms with Crippen LogP contribution in [-0.2, 0) is 9.53 Å². The molecule has 0 radical (unpaired) electrons. The second-order valence-corrected chi connectivity index (χ2v) is 7.65. The van der Waals surface area contributed by atoms with E-state index < -0.39 is 12.0 Å². The van der Waals surface area contributed by atoms with Crippen molar-refractivity contribution >= 4 is 11.8 Å². The molecule has 0 bridgehead atoms. The normalized spacial score (nSPS) is 18.4. The van der Waals surface area contributed by atoms with Gasteiger partial charge in [0.15, 0.2) is 0 Å². The van der Waals surface area contributed by atoms with Gasteiger partial charge < -0.3 is 19.9 Å². The van der Waals surface area contributed by atoms with Crippen LogP contribution in [0.4, 0.5) is 4.39 Å². The zero-order valence-electron chi connectivity index (χ0n) is 17.6. The van der Waals surface area contributed by atoms with Gasteiger partial charge in [0.05, 0.1) is 18.6 Å². The topological polar surface area (TPSA) is 61.9 Å². The van der Waals surface area contributed by atoms with Gasteiger partial charge in [-0.15, -0.1) is 0 Å². The fourth-order valence-corrected chi connectivity index (χ4v) is 3.85. The largest absolute Gasteiger partial charge is 0.383 e. The van der Waals surface area contributed by atoms with Crippen molar-refractivity contribution in [3.63, 3.8) is 0 Å². The predicted octanol–water partition coefficient (Wildman–Crippen LogP) is 2.43. The number of nitrogens with one attached hydrogen (secondary N) is 1. The van der Waals surface area contributed by atoms with Crippen LogP contribution in [0.5, 0.6) is 0 Å². The van der Waals surface area contributed by atoms with Crippen LogP contribution in [0.2, 0.25) is 0 Å². The van der Waals surface area contributed by atoms with E-state index in [9.17, 15) is 14.0 Å². The number of halogens is 1. The van der Waals surface area contributed by atoms with Crippen molar-refractivity contribution in [3.8, 4) is 0 Å². The standard InChI is InChI=1S/C23H28FN3O3/c1-26(2)13-12-25-22(28)20-18-6-4-5-7-19(18)23(29)27(14-15-30-3)21(20)16-8-10-17(24)11-9-16/h4-11,20-21H,12-15H2,1-3H3,(H,25,28)/t20-,21+/m0/s1. The number of nitrogens with zero attached hydrogens (tertiary/aromatic N) is 2. The van der Waals surface area contributed by atoms with E-state index in [1.165, 1.54) is 12.1 Å². The van der Waals surface area contributed by atoms with Crippen molar-refractivity contribution in [2.75, 3.05) is 47.4 Å². The lowest BCUT2D eigenvalue weighted by Crippen LogP contribution is -2.49. The van der Waals surface area contributed by atoms with Crippen molar-refractivity contribution in [1.82, 2.24) is 15.1 Å². The molecule has 3 rings (SSSR count). The lowest BCUT2D eigenvalue weighted by Gasteiger charge is -2.41. The highest BCUT2D eigenvalue weighted by atomic mass is 19.1. The molecule has 160 valence electrons. The van der Waals surface area contributed by atoms with Crippen LogP contribution >= 0.6 is 0 Å². The number of fused-ring (bicyclic) bond motifs is 1. The van der Waals surface area contributed by atoms with E-state index in [2.05, 4.69) is 5.32 Å². The molecular weight excluding hydrogens is 385 g/mol. The fraction of sp³-hybridized carbons (Fsp3) is 0.391. The maximum atomic E-state index is 13.6. The summed E-state index contributed by atoms with van der Waals surface area (Å²) in [4.78, 5) is 30.3. The van der Waals surface area contributed by atoms with Crippen LogP contribution in [-0.4, -0.2) is 69.1 Å². The Morgan fingerprint density at radius 2 is 1.87 bits per heavy atom. The first-order valence-electron chi connectivity index (χ1n) is 10.0. The number of ether oxygens (including phenoxy) is 1. The molecule has 0 aliphatic carbocycles. The van der Waals surface area contributed by atoms with E-state index >= 15 is 0 Å². The number of benzene rings is 2. The molecule has 6 nitrogen and oxygen atoms in total. The molecule has 1 N–H and O–H groups in total. The minimum Gasteiger partial charge on any atom is -0.383 e. The summed E-state index contributed by atoms with van der Waals surface area (Å²) < 4.78 is 18.8. The van der Waals surface area contributed by atoms with Gasteiger partial charge in [-0.1, -0.05) is 30.3 Å². The smallest absolute Gasteiger partial charge is 0.254 e. The molecule has 0 saturated carbocycles. The van der Waals surface area contributed by atoms with Crippen LogP contribution in [0.1, 0.15) is 33.4 Å². The summed E-state index contributed by atoms with van der Waals surface area (Å²) in [7, 11) is 5.45. The highest BCUT2D eigenvalue weighted by Gasteiger charge is 2.43. The fourth-order valence-electron chi connectivity index (χ4n) is 3.85. The Bertz CT molecular complexity index is 886. The molecule has 30 heavy (non-hydrogen) atoms. The Morgan fingerprint density at radius 1 is 1.17 bits per heavy atom. The van der Waals surface area contributed by atoms with Crippen LogP contribution in [0.15, 0.2) is 48.5 Å². The molecule has 2 aromatic rings. The summed E-state index contributed by atoms with van der Waals surface area (Å²) in [5.74, 6) is -1.29. The second-order valence-electron chi connectivity index (χ2n) is 7.65. The maximum Gasteiger partial charge on any atom is 0.254 e. The Balaban J connectivity index is 2.06. The maximum absolute atomic E-state index is 13.6. The van der Waals surface area contributed by atoms with Gasteiger partial charge >= 0.3 is 0 Å². The number of carbonyl (C=O) groups is 2. The minimum atomic E-state index is -0.608. The molecule has 0 unspecified atom stereocenters. The van der Waals surface area contributed by atoms with Gasteiger partial charge in [0.2, 0.25) is 5.91 Å². The number of likely N-dealkylation sites (N-methyl/N-ethyl adjacent to an activating group) is 1. The molecule has 2 aromatic carbocycles. The first-order valence-corrected chi connectivity index (χ1v) is 10.0. The summed E-state index contributed by atoms with van der Waals surface area (Å²) in [5, 5.41) is 3.00. The number of methoxy groups -OCH3 is 1. The number of rotatable bonds is 8. The number of amides is 2. The quantitative estimate of drug-likeness (QED) is 0.722. The Hall–Kier alpha value is -2.77. The average molecular weight is 413 g/mol. The summed E-state index contributed by atoms with van der Waals surface area (Å²) in [6.45, 7) is 1.86. The third-order valence-corrected chi connectivity index (χ3v) is 5.33.